The van der Waals surface area contributed by atoms with E-state index in [0.29, 0.717) is 0 Å². The third kappa shape index (κ3) is 4.27. The van der Waals surface area contributed by atoms with Crippen molar-refractivity contribution in [1.82, 2.24) is 5.32 Å². The molecule has 5 heteroatoms. The van der Waals surface area contributed by atoms with Gasteiger partial charge in [0, 0.05) is 7.11 Å². The minimum absolute atomic E-state index is 0.147. The topological polar surface area (TPSA) is 84.6 Å². The van der Waals surface area contributed by atoms with Crippen LogP contribution in [0.4, 0.5) is 0 Å². The summed E-state index contributed by atoms with van der Waals surface area (Å²) in [5, 5.41) is 11.3. The van der Waals surface area contributed by atoms with Gasteiger partial charge in [-0.2, -0.15) is 0 Å². The molecule has 0 rings (SSSR count). The second kappa shape index (κ2) is 5.93. The number of ether oxygens (including phenoxy) is 1. The highest BCUT2D eigenvalue weighted by atomic mass is 16.5. The third-order valence-corrected chi connectivity index (χ3v) is 1.35. The number of carbonyl (C=O) groups excluding carboxylic acids is 1. The number of methoxy groups -OCH3 is 1. The fraction of sp³-hybridized carbons (Fsp3) is 0.857. The second-order valence-electron chi connectivity index (χ2n) is 2.63. The molecule has 1 amide bonds. The standard InChI is InChI=1S/C7H16N2O3/c1-5(8)7(11)9-6(3-10)4-12-2/h5-6,10H,3-4,8H2,1-2H3,(H,9,11)/t5-,6?/m0/s1. The van der Waals surface area contributed by atoms with Crippen LogP contribution in [0.25, 0.3) is 0 Å². The van der Waals surface area contributed by atoms with Crippen LogP contribution in [0, 0.1) is 0 Å². The van der Waals surface area contributed by atoms with Gasteiger partial charge in [0.1, 0.15) is 0 Å². The zero-order valence-electron chi connectivity index (χ0n) is 7.41. The zero-order chi connectivity index (χ0) is 9.56. The highest BCUT2D eigenvalue weighted by Crippen LogP contribution is 1.85. The Kier molecular flexibility index (Phi) is 5.61. The monoisotopic (exact) mass is 176 g/mol. The molecule has 0 spiro atoms. The molecular weight excluding hydrogens is 160 g/mol. The van der Waals surface area contributed by atoms with E-state index in [9.17, 15) is 4.79 Å². The van der Waals surface area contributed by atoms with E-state index >= 15 is 0 Å². The van der Waals surface area contributed by atoms with Gasteiger partial charge in [-0.1, -0.05) is 0 Å². The molecule has 0 fully saturated rings. The Morgan fingerprint density at radius 1 is 1.75 bits per heavy atom. The number of aliphatic hydroxyl groups is 1. The van der Waals surface area contributed by atoms with Crippen LogP contribution < -0.4 is 11.1 Å². The Bertz CT molecular complexity index is 139. The van der Waals surface area contributed by atoms with Crippen LogP contribution in [0.15, 0.2) is 0 Å². The van der Waals surface area contributed by atoms with Gasteiger partial charge >= 0.3 is 0 Å². The van der Waals surface area contributed by atoms with Gasteiger partial charge in [0.15, 0.2) is 0 Å². The lowest BCUT2D eigenvalue weighted by Gasteiger charge is -2.16. The fourth-order valence-corrected chi connectivity index (χ4v) is 0.674. The molecule has 5 nitrogen and oxygen atoms in total. The van der Waals surface area contributed by atoms with Gasteiger partial charge in [0.05, 0.1) is 25.3 Å². The number of nitrogens with two attached hydrogens (primary N) is 1. The van der Waals surface area contributed by atoms with E-state index in [1.165, 1.54) is 7.11 Å². The van der Waals surface area contributed by atoms with Gasteiger partial charge in [0.25, 0.3) is 0 Å². The van der Waals surface area contributed by atoms with Gasteiger partial charge in [0.2, 0.25) is 5.91 Å². The van der Waals surface area contributed by atoms with Crippen molar-refractivity contribution in [2.24, 2.45) is 5.73 Å². The van der Waals surface area contributed by atoms with Crippen molar-refractivity contribution in [1.29, 1.82) is 0 Å². The highest BCUT2D eigenvalue weighted by molar-refractivity contribution is 5.81. The normalized spacial score (nSPS) is 15.3. The number of hydrogen-bond donors (Lipinski definition) is 3. The molecule has 0 saturated heterocycles. The average molecular weight is 176 g/mol. The lowest BCUT2D eigenvalue weighted by molar-refractivity contribution is -0.123. The van der Waals surface area contributed by atoms with Gasteiger partial charge < -0.3 is 20.9 Å². The first-order chi connectivity index (χ1) is 5.61. The highest BCUT2D eigenvalue weighted by Gasteiger charge is 2.13. The van der Waals surface area contributed by atoms with Gasteiger partial charge in [-0.15, -0.1) is 0 Å². The SMILES string of the molecule is COCC(CO)NC(=O)[C@H](C)N. The van der Waals surface area contributed by atoms with E-state index in [2.05, 4.69) is 5.32 Å². The van der Waals surface area contributed by atoms with Crippen molar-refractivity contribution in [3.8, 4) is 0 Å². The van der Waals surface area contributed by atoms with Crippen LogP contribution in [-0.4, -0.2) is 43.4 Å². The molecule has 0 aliphatic heterocycles. The molecule has 0 aromatic heterocycles. The lowest BCUT2D eigenvalue weighted by Crippen LogP contribution is -2.47. The number of carbonyl (C=O) groups is 1. The summed E-state index contributed by atoms with van der Waals surface area (Å²) in [4.78, 5) is 11.0. The van der Waals surface area contributed by atoms with E-state index in [1.54, 1.807) is 6.92 Å². The summed E-state index contributed by atoms with van der Waals surface area (Å²) in [6.07, 6.45) is 0. The minimum atomic E-state index is -0.559. The molecule has 0 aromatic carbocycles. The van der Waals surface area contributed by atoms with E-state index in [4.69, 9.17) is 15.6 Å². The smallest absolute Gasteiger partial charge is 0.237 e. The Hall–Kier alpha value is -0.650. The van der Waals surface area contributed by atoms with Crippen molar-refractivity contribution in [3.63, 3.8) is 0 Å². The molecule has 4 N–H and O–H groups in total. The molecule has 72 valence electrons. The van der Waals surface area contributed by atoms with Crippen LogP contribution >= 0.6 is 0 Å². The summed E-state index contributed by atoms with van der Waals surface area (Å²) in [5.41, 5.74) is 5.30. The summed E-state index contributed by atoms with van der Waals surface area (Å²) in [6.45, 7) is 1.72. The number of amides is 1. The Morgan fingerprint density at radius 2 is 2.33 bits per heavy atom. The first-order valence-corrected chi connectivity index (χ1v) is 3.77. The van der Waals surface area contributed by atoms with E-state index in [1.807, 2.05) is 0 Å². The van der Waals surface area contributed by atoms with E-state index in [0.717, 1.165) is 0 Å². The molecule has 1 unspecified atom stereocenters. The molecule has 0 heterocycles. The first kappa shape index (κ1) is 11.4. The van der Waals surface area contributed by atoms with Crippen LogP contribution in [-0.2, 0) is 9.53 Å². The van der Waals surface area contributed by atoms with Crippen molar-refractivity contribution < 1.29 is 14.6 Å². The average Bonchev–Trinajstić information content (AvgIpc) is 2.03. The molecule has 0 aliphatic carbocycles. The van der Waals surface area contributed by atoms with Crippen molar-refractivity contribution >= 4 is 5.91 Å². The van der Waals surface area contributed by atoms with E-state index < -0.39 is 6.04 Å². The van der Waals surface area contributed by atoms with Gasteiger partial charge in [-0.05, 0) is 6.92 Å². The Balaban J connectivity index is 3.77. The van der Waals surface area contributed by atoms with Gasteiger partial charge in [-0.3, -0.25) is 4.79 Å². The summed E-state index contributed by atoms with van der Waals surface area (Å²) in [5.74, 6) is -0.286. The fourth-order valence-electron chi connectivity index (χ4n) is 0.674. The maximum Gasteiger partial charge on any atom is 0.237 e. The minimum Gasteiger partial charge on any atom is -0.394 e. The molecule has 0 aliphatic rings. The Labute approximate surface area is 71.9 Å². The first-order valence-electron chi connectivity index (χ1n) is 3.77. The van der Waals surface area contributed by atoms with Crippen LogP contribution in [0.1, 0.15) is 6.92 Å². The maximum atomic E-state index is 11.0. The molecule has 0 radical (unpaired) electrons. The predicted molar refractivity (Wildman–Crippen MR) is 44.5 cm³/mol. The molecule has 2 atom stereocenters. The Morgan fingerprint density at radius 3 is 2.67 bits per heavy atom. The van der Waals surface area contributed by atoms with Gasteiger partial charge in [-0.25, -0.2) is 0 Å². The van der Waals surface area contributed by atoms with Crippen LogP contribution in [0.3, 0.4) is 0 Å². The second-order valence-corrected chi connectivity index (χ2v) is 2.63. The summed E-state index contributed by atoms with van der Waals surface area (Å²) in [6, 6.07) is -0.926. The zero-order valence-corrected chi connectivity index (χ0v) is 7.41. The maximum absolute atomic E-state index is 11.0. The third-order valence-electron chi connectivity index (χ3n) is 1.35. The number of aliphatic hydroxyl groups excluding tert-OH is 1. The number of rotatable bonds is 5. The predicted octanol–water partition coefficient (Wildman–Crippen LogP) is -1.54. The molecule has 0 aromatic rings. The van der Waals surface area contributed by atoms with Crippen molar-refractivity contribution in [3.05, 3.63) is 0 Å². The molecule has 12 heavy (non-hydrogen) atoms. The number of hydrogen-bond acceptors (Lipinski definition) is 4. The molecule has 0 bridgehead atoms. The van der Waals surface area contributed by atoms with Crippen molar-refractivity contribution in [2.75, 3.05) is 20.3 Å². The molecule has 0 saturated carbocycles. The lowest BCUT2D eigenvalue weighted by atomic mass is 10.3. The summed E-state index contributed by atoms with van der Waals surface area (Å²) >= 11 is 0. The van der Waals surface area contributed by atoms with Crippen LogP contribution in [0.2, 0.25) is 0 Å². The number of nitrogens with one attached hydrogen (secondary N) is 1. The quantitative estimate of drug-likeness (QED) is 0.474. The van der Waals surface area contributed by atoms with Crippen molar-refractivity contribution in [2.45, 2.75) is 19.0 Å². The summed E-state index contributed by atoms with van der Waals surface area (Å²) < 4.78 is 4.76. The van der Waals surface area contributed by atoms with Crippen LogP contribution in [0.5, 0.6) is 0 Å². The summed E-state index contributed by atoms with van der Waals surface area (Å²) in [7, 11) is 1.50. The van der Waals surface area contributed by atoms with E-state index in [-0.39, 0.29) is 25.2 Å². The largest absolute Gasteiger partial charge is 0.394 e. The molecular formula is C7H16N2O3.